The lowest BCUT2D eigenvalue weighted by Gasteiger charge is -2.03. The number of nitrogens with one attached hydrogen (secondary N) is 1. The Morgan fingerprint density at radius 2 is 1.96 bits per heavy atom. The highest BCUT2D eigenvalue weighted by molar-refractivity contribution is 6.34. The monoisotopic (exact) mass is 359 g/mol. The van der Waals surface area contributed by atoms with Crippen LogP contribution in [0.4, 0.5) is 10.4 Å². The van der Waals surface area contributed by atoms with E-state index >= 15 is 0 Å². The van der Waals surface area contributed by atoms with E-state index in [2.05, 4.69) is 21.6 Å². The minimum Gasteiger partial charge on any atom is -0.407 e. The van der Waals surface area contributed by atoms with E-state index in [1.54, 1.807) is 0 Å². The second-order valence-corrected chi connectivity index (χ2v) is 6.08. The van der Waals surface area contributed by atoms with Gasteiger partial charge in [-0.2, -0.15) is 0 Å². The van der Waals surface area contributed by atoms with Crippen LogP contribution in [0.1, 0.15) is 32.9 Å². The number of carbonyl (C=O) groups excluding carboxylic acids is 1. The van der Waals surface area contributed by atoms with Crippen molar-refractivity contribution in [2.24, 2.45) is 0 Å². The zero-order valence-electron chi connectivity index (χ0n) is 13.6. The number of benzene rings is 2. The van der Waals surface area contributed by atoms with Gasteiger partial charge in [0, 0.05) is 0 Å². The lowest BCUT2D eigenvalue weighted by atomic mass is 10.0. The van der Waals surface area contributed by atoms with Gasteiger partial charge >= 0.3 is 6.01 Å². The maximum absolute atomic E-state index is 13.0. The first-order valence-corrected chi connectivity index (χ1v) is 7.95. The van der Waals surface area contributed by atoms with Crippen LogP contribution in [-0.4, -0.2) is 16.1 Å². The Bertz CT molecular complexity index is 940. The molecular formula is C18H15ClFN3O2. The number of amides is 1. The van der Waals surface area contributed by atoms with E-state index in [0.717, 1.165) is 17.7 Å². The second-order valence-electron chi connectivity index (χ2n) is 5.67. The van der Waals surface area contributed by atoms with Gasteiger partial charge in [0.05, 0.1) is 17.0 Å². The maximum atomic E-state index is 13.0. The topological polar surface area (TPSA) is 68.0 Å². The summed E-state index contributed by atoms with van der Waals surface area (Å²) in [6, 6.07) is 9.54. The predicted octanol–water partition coefficient (Wildman–Crippen LogP) is 4.32. The fourth-order valence-corrected chi connectivity index (χ4v) is 2.55. The number of carbonyl (C=O) groups is 1. The fraction of sp³-hybridized carbons (Fsp3) is 0.167. The summed E-state index contributed by atoms with van der Waals surface area (Å²) in [5.41, 5.74) is 3.54. The van der Waals surface area contributed by atoms with E-state index in [1.807, 2.05) is 26.0 Å². The Labute approximate surface area is 148 Å². The Kier molecular flexibility index (Phi) is 4.81. The molecule has 1 heterocycles. The highest BCUT2D eigenvalue weighted by Gasteiger charge is 2.15. The van der Waals surface area contributed by atoms with Crippen molar-refractivity contribution in [3.8, 4) is 0 Å². The molecule has 2 aromatic carbocycles. The van der Waals surface area contributed by atoms with Gasteiger partial charge in [0.25, 0.3) is 5.91 Å². The van der Waals surface area contributed by atoms with Crippen LogP contribution in [0.5, 0.6) is 0 Å². The molecule has 5 nitrogen and oxygen atoms in total. The van der Waals surface area contributed by atoms with Gasteiger partial charge in [-0.1, -0.05) is 34.9 Å². The average Bonchev–Trinajstić information content (AvgIpc) is 2.97. The number of rotatable bonds is 4. The van der Waals surface area contributed by atoms with Gasteiger partial charge in [-0.3, -0.25) is 10.1 Å². The zero-order valence-corrected chi connectivity index (χ0v) is 14.4. The zero-order chi connectivity index (χ0) is 18.0. The summed E-state index contributed by atoms with van der Waals surface area (Å²) in [5.74, 6) is -0.690. The summed E-state index contributed by atoms with van der Waals surface area (Å²) in [6.45, 7) is 4.07. The standard InChI is InChI=1S/C18H15ClFN3O2/c1-10-3-4-12(7-11(10)2)8-16-22-23-18(25-16)21-17(24)14-6-5-13(20)9-15(14)19/h3-7,9H,8H2,1-2H3,(H,21,23,24). The van der Waals surface area contributed by atoms with Crippen LogP contribution in [0.3, 0.4) is 0 Å². The summed E-state index contributed by atoms with van der Waals surface area (Å²) >= 11 is 5.86. The first kappa shape index (κ1) is 17.1. The first-order valence-electron chi connectivity index (χ1n) is 7.57. The lowest BCUT2D eigenvalue weighted by Crippen LogP contribution is -2.12. The van der Waals surface area contributed by atoms with E-state index in [4.69, 9.17) is 16.0 Å². The molecule has 1 aromatic heterocycles. The minimum absolute atomic E-state index is 0.00682. The summed E-state index contributed by atoms with van der Waals surface area (Å²) in [4.78, 5) is 12.2. The van der Waals surface area contributed by atoms with E-state index in [0.29, 0.717) is 12.3 Å². The van der Waals surface area contributed by atoms with Crippen LogP contribution >= 0.6 is 11.6 Å². The predicted molar refractivity (Wildman–Crippen MR) is 92.4 cm³/mol. The summed E-state index contributed by atoms with van der Waals surface area (Å²) in [6.07, 6.45) is 0.460. The Morgan fingerprint density at radius 1 is 1.16 bits per heavy atom. The van der Waals surface area contributed by atoms with Crippen LogP contribution in [0.25, 0.3) is 0 Å². The third-order valence-electron chi connectivity index (χ3n) is 3.79. The molecule has 0 aliphatic heterocycles. The SMILES string of the molecule is Cc1ccc(Cc2nnc(NC(=O)c3ccc(F)cc3Cl)o2)cc1C. The number of nitrogens with zero attached hydrogens (tertiary/aromatic N) is 2. The molecule has 3 aromatic rings. The molecule has 0 bridgehead atoms. The highest BCUT2D eigenvalue weighted by atomic mass is 35.5. The molecule has 128 valence electrons. The van der Waals surface area contributed by atoms with Crippen LogP contribution < -0.4 is 5.32 Å². The molecule has 0 aliphatic carbocycles. The van der Waals surface area contributed by atoms with Crippen LogP contribution in [-0.2, 0) is 6.42 Å². The summed E-state index contributed by atoms with van der Waals surface area (Å²) in [5, 5.41) is 10.2. The first-order chi connectivity index (χ1) is 11.9. The van der Waals surface area contributed by atoms with Gasteiger partial charge in [-0.05, 0) is 48.7 Å². The molecule has 0 spiro atoms. The number of anilines is 1. The summed E-state index contributed by atoms with van der Waals surface area (Å²) in [7, 11) is 0. The Balaban J connectivity index is 1.70. The average molecular weight is 360 g/mol. The van der Waals surface area contributed by atoms with E-state index in [9.17, 15) is 9.18 Å². The second kappa shape index (κ2) is 7.03. The third-order valence-corrected chi connectivity index (χ3v) is 4.10. The number of aromatic nitrogens is 2. The van der Waals surface area contributed by atoms with Crippen molar-refractivity contribution in [1.82, 2.24) is 10.2 Å². The smallest absolute Gasteiger partial charge is 0.322 e. The van der Waals surface area contributed by atoms with Crippen molar-refractivity contribution in [3.05, 3.63) is 75.4 Å². The number of hydrogen-bond acceptors (Lipinski definition) is 4. The molecule has 0 aliphatic rings. The molecule has 0 saturated carbocycles. The normalized spacial score (nSPS) is 10.7. The van der Waals surface area contributed by atoms with Gasteiger partial charge in [-0.15, -0.1) is 5.10 Å². The molecule has 0 fully saturated rings. The van der Waals surface area contributed by atoms with Gasteiger partial charge in [0.1, 0.15) is 5.82 Å². The number of halogens is 2. The van der Waals surface area contributed by atoms with Crippen molar-refractivity contribution < 1.29 is 13.6 Å². The molecule has 0 saturated heterocycles. The molecule has 3 rings (SSSR count). The van der Waals surface area contributed by atoms with Crippen molar-refractivity contribution in [1.29, 1.82) is 0 Å². The molecule has 0 atom stereocenters. The van der Waals surface area contributed by atoms with Crippen LogP contribution in [0.2, 0.25) is 5.02 Å². The quantitative estimate of drug-likeness (QED) is 0.753. The Hall–Kier alpha value is -2.73. The maximum Gasteiger partial charge on any atom is 0.322 e. The van der Waals surface area contributed by atoms with Crippen LogP contribution in [0, 0.1) is 19.7 Å². The minimum atomic E-state index is -0.550. The van der Waals surface area contributed by atoms with Crippen molar-refractivity contribution in [3.63, 3.8) is 0 Å². The van der Waals surface area contributed by atoms with E-state index in [-0.39, 0.29) is 16.6 Å². The molecule has 0 radical (unpaired) electrons. The van der Waals surface area contributed by atoms with Crippen molar-refractivity contribution in [2.45, 2.75) is 20.3 Å². The van der Waals surface area contributed by atoms with Gasteiger partial charge < -0.3 is 4.42 Å². The molecule has 0 unspecified atom stereocenters. The number of aryl methyl sites for hydroxylation is 2. The van der Waals surface area contributed by atoms with Gasteiger partial charge in [0.15, 0.2) is 0 Å². The highest BCUT2D eigenvalue weighted by Crippen LogP contribution is 2.19. The fourth-order valence-electron chi connectivity index (χ4n) is 2.30. The van der Waals surface area contributed by atoms with E-state index < -0.39 is 11.7 Å². The Morgan fingerprint density at radius 3 is 2.68 bits per heavy atom. The molecule has 1 amide bonds. The molecule has 25 heavy (non-hydrogen) atoms. The molecular weight excluding hydrogens is 345 g/mol. The molecule has 7 heteroatoms. The summed E-state index contributed by atoms with van der Waals surface area (Å²) < 4.78 is 18.5. The molecule has 1 N–H and O–H groups in total. The largest absolute Gasteiger partial charge is 0.407 e. The van der Waals surface area contributed by atoms with Crippen LogP contribution in [0.15, 0.2) is 40.8 Å². The van der Waals surface area contributed by atoms with E-state index in [1.165, 1.54) is 17.2 Å². The van der Waals surface area contributed by atoms with Crippen molar-refractivity contribution in [2.75, 3.05) is 5.32 Å². The lowest BCUT2D eigenvalue weighted by molar-refractivity contribution is 0.102. The van der Waals surface area contributed by atoms with Gasteiger partial charge in [0.2, 0.25) is 5.89 Å². The number of hydrogen-bond donors (Lipinski definition) is 1. The van der Waals surface area contributed by atoms with Crippen molar-refractivity contribution >= 4 is 23.5 Å². The van der Waals surface area contributed by atoms with Gasteiger partial charge in [-0.25, -0.2) is 4.39 Å². The third kappa shape index (κ3) is 4.03.